The van der Waals surface area contributed by atoms with Crippen molar-refractivity contribution in [1.82, 2.24) is 14.9 Å². The molecule has 3 aliphatic heterocycles. The van der Waals surface area contributed by atoms with Gasteiger partial charge in [0.15, 0.2) is 0 Å². The van der Waals surface area contributed by atoms with Gasteiger partial charge in [-0.1, -0.05) is 0 Å². The Labute approximate surface area is 184 Å². The summed E-state index contributed by atoms with van der Waals surface area (Å²) >= 11 is 0. The Morgan fingerprint density at radius 1 is 1.34 bits per heavy atom. The van der Waals surface area contributed by atoms with E-state index in [9.17, 15) is 18.0 Å². The molecule has 0 saturated carbocycles. The zero-order valence-corrected chi connectivity index (χ0v) is 18.1. The van der Waals surface area contributed by atoms with Crippen LogP contribution >= 0.6 is 0 Å². The van der Waals surface area contributed by atoms with Gasteiger partial charge in [-0.25, -0.2) is 14.8 Å². The highest BCUT2D eigenvalue weighted by Crippen LogP contribution is 2.43. The fourth-order valence-electron chi connectivity index (χ4n) is 4.31. The average Bonchev–Trinajstić information content (AvgIpc) is 3.30. The number of carbonyl (C=O) groups excluding carboxylic acids is 1. The summed E-state index contributed by atoms with van der Waals surface area (Å²) in [5.41, 5.74) is -0.0496. The number of carboxylic acids is 1. The highest BCUT2D eigenvalue weighted by Gasteiger charge is 2.53. The number of aliphatic carboxylic acids is 1. The molecule has 3 saturated heterocycles. The quantitative estimate of drug-likeness (QED) is 0.712. The largest absolute Gasteiger partial charge is 0.490 e. The first-order valence-electron chi connectivity index (χ1n) is 10.5. The SMILES string of the molecule is CN(C)c1cc(N2CC3(C2)OCCC3CCN2CCCC2=O)ncn1.O=C(O)C(F)(F)F. The van der Waals surface area contributed by atoms with Crippen LogP contribution in [0.3, 0.4) is 0 Å². The first-order chi connectivity index (χ1) is 15.0. The molecule has 0 aliphatic carbocycles. The normalized spacial score (nSPS) is 21.9. The predicted octanol–water partition coefficient (Wildman–Crippen LogP) is 1.78. The molecule has 9 nitrogen and oxygen atoms in total. The van der Waals surface area contributed by atoms with E-state index < -0.39 is 12.1 Å². The molecule has 1 amide bonds. The van der Waals surface area contributed by atoms with Gasteiger partial charge in [-0.15, -0.1) is 0 Å². The van der Waals surface area contributed by atoms with E-state index in [1.54, 1.807) is 6.33 Å². The Balaban J connectivity index is 0.000000360. The molecule has 12 heteroatoms. The molecule has 1 N–H and O–H groups in total. The van der Waals surface area contributed by atoms with Gasteiger partial charge in [0.05, 0.1) is 13.1 Å². The lowest BCUT2D eigenvalue weighted by atomic mass is 9.79. The van der Waals surface area contributed by atoms with Crippen molar-refractivity contribution in [3.63, 3.8) is 0 Å². The monoisotopic (exact) mass is 459 g/mol. The highest BCUT2D eigenvalue weighted by molar-refractivity contribution is 5.78. The molecule has 1 unspecified atom stereocenters. The molecule has 4 heterocycles. The second kappa shape index (κ2) is 9.47. The summed E-state index contributed by atoms with van der Waals surface area (Å²) in [6, 6.07) is 2.03. The molecular weight excluding hydrogens is 431 g/mol. The van der Waals surface area contributed by atoms with Gasteiger partial charge in [0.2, 0.25) is 5.91 Å². The first kappa shape index (κ1) is 24.0. The van der Waals surface area contributed by atoms with E-state index >= 15 is 0 Å². The number of nitrogens with zero attached hydrogens (tertiary/aromatic N) is 5. The molecule has 3 fully saturated rings. The lowest BCUT2D eigenvalue weighted by Gasteiger charge is -2.51. The van der Waals surface area contributed by atoms with Crippen molar-refractivity contribution in [3.8, 4) is 0 Å². The summed E-state index contributed by atoms with van der Waals surface area (Å²) < 4.78 is 37.9. The molecule has 0 aromatic carbocycles. The van der Waals surface area contributed by atoms with Gasteiger partial charge in [0.1, 0.15) is 23.6 Å². The smallest absolute Gasteiger partial charge is 0.475 e. The van der Waals surface area contributed by atoms with Gasteiger partial charge in [0, 0.05) is 46.3 Å². The topological polar surface area (TPSA) is 99.1 Å². The van der Waals surface area contributed by atoms with Gasteiger partial charge in [-0.3, -0.25) is 4.79 Å². The Bertz CT molecular complexity index is 830. The molecule has 1 spiro atoms. The van der Waals surface area contributed by atoms with Crippen LogP contribution in [-0.2, 0) is 14.3 Å². The van der Waals surface area contributed by atoms with Gasteiger partial charge in [-0.05, 0) is 25.2 Å². The van der Waals surface area contributed by atoms with Crippen LogP contribution in [0.4, 0.5) is 24.8 Å². The van der Waals surface area contributed by atoms with Crippen LogP contribution in [0.25, 0.3) is 0 Å². The highest BCUT2D eigenvalue weighted by atomic mass is 19.4. The maximum absolute atomic E-state index is 11.8. The molecule has 3 aliphatic rings. The van der Waals surface area contributed by atoms with Crippen molar-refractivity contribution in [2.75, 3.05) is 56.7 Å². The molecule has 0 radical (unpaired) electrons. The molecule has 1 atom stereocenters. The van der Waals surface area contributed by atoms with Gasteiger partial charge < -0.3 is 24.5 Å². The van der Waals surface area contributed by atoms with Crippen molar-refractivity contribution < 1.29 is 32.6 Å². The van der Waals surface area contributed by atoms with E-state index in [2.05, 4.69) is 14.9 Å². The van der Waals surface area contributed by atoms with Crippen molar-refractivity contribution in [3.05, 3.63) is 12.4 Å². The van der Waals surface area contributed by atoms with Crippen LogP contribution in [0.2, 0.25) is 0 Å². The average molecular weight is 459 g/mol. The van der Waals surface area contributed by atoms with Crippen LogP contribution in [0.15, 0.2) is 12.4 Å². The lowest BCUT2D eigenvalue weighted by molar-refractivity contribution is -0.192. The summed E-state index contributed by atoms with van der Waals surface area (Å²) in [6.45, 7) is 4.41. The van der Waals surface area contributed by atoms with Crippen molar-refractivity contribution >= 4 is 23.5 Å². The molecule has 0 bridgehead atoms. The van der Waals surface area contributed by atoms with Crippen LogP contribution < -0.4 is 9.80 Å². The number of halogens is 3. The van der Waals surface area contributed by atoms with Gasteiger partial charge >= 0.3 is 12.1 Å². The van der Waals surface area contributed by atoms with E-state index in [0.29, 0.717) is 11.8 Å². The van der Waals surface area contributed by atoms with Crippen LogP contribution in [0.1, 0.15) is 25.7 Å². The summed E-state index contributed by atoms with van der Waals surface area (Å²) in [5.74, 6) is -0.0177. The Morgan fingerprint density at radius 2 is 2.03 bits per heavy atom. The third kappa shape index (κ3) is 5.40. The second-order valence-electron chi connectivity index (χ2n) is 8.46. The molecule has 178 valence electrons. The van der Waals surface area contributed by atoms with E-state index in [0.717, 1.165) is 70.1 Å². The number of carboxylic acid groups (broad SMARTS) is 1. The maximum Gasteiger partial charge on any atom is 0.490 e. The van der Waals surface area contributed by atoms with E-state index in [1.807, 2.05) is 30.0 Å². The summed E-state index contributed by atoms with van der Waals surface area (Å²) in [6.07, 6.45) is 0.430. The number of ether oxygens (including phenoxy) is 1. The minimum absolute atomic E-state index is 0.0496. The number of aromatic nitrogens is 2. The van der Waals surface area contributed by atoms with Gasteiger partial charge in [-0.2, -0.15) is 13.2 Å². The minimum atomic E-state index is -5.08. The maximum atomic E-state index is 11.8. The summed E-state index contributed by atoms with van der Waals surface area (Å²) in [7, 11) is 3.97. The van der Waals surface area contributed by atoms with E-state index in [-0.39, 0.29) is 5.60 Å². The molecule has 1 aromatic rings. The third-order valence-corrected chi connectivity index (χ3v) is 6.10. The number of alkyl halides is 3. The van der Waals surface area contributed by atoms with Gasteiger partial charge in [0.25, 0.3) is 0 Å². The Hall–Kier alpha value is -2.63. The van der Waals surface area contributed by atoms with Crippen LogP contribution in [0.5, 0.6) is 0 Å². The summed E-state index contributed by atoms with van der Waals surface area (Å²) in [4.78, 5) is 35.7. The number of rotatable bonds is 5. The fourth-order valence-corrected chi connectivity index (χ4v) is 4.31. The predicted molar refractivity (Wildman–Crippen MR) is 109 cm³/mol. The zero-order chi connectivity index (χ0) is 23.5. The number of hydrogen-bond acceptors (Lipinski definition) is 7. The number of likely N-dealkylation sites (tertiary alicyclic amines) is 1. The van der Waals surface area contributed by atoms with E-state index in [4.69, 9.17) is 14.6 Å². The number of hydrogen-bond donors (Lipinski definition) is 1. The zero-order valence-electron chi connectivity index (χ0n) is 18.1. The van der Waals surface area contributed by atoms with Crippen molar-refractivity contribution in [1.29, 1.82) is 0 Å². The molecule has 32 heavy (non-hydrogen) atoms. The molecule has 1 aromatic heterocycles. The standard InChI is InChI=1S/C18H27N5O2.C2HF3O2/c1-21(2)15-10-16(20-13-19-15)23-11-18(12-23)14(6-9-25-18)5-8-22-7-3-4-17(22)24;3-2(4,5)1(6)7/h10,13-14H,3-9,11-12H2,1-2H3;(H,6,7). The van der Waals surface area contributed by atoms with Crippen molar-refractivity contribution in [2.45, 2.75) is 37.5 Å². The summed E-state index contributed by atoms with van der Waals surface area (Å²) in [5, 5.41) is 7.12. The molecule has 4 rings (SSSR count). The fraction of sp³-hybridized carbons (Fsp3) is 0.700. The lowest BCUT2D eigenvalue weighted by Crippen LogP contribution is -2.65. The van der Waals surface area contributed by atoms with Crippen LogP contribution in [0, 0.1) is 5.92 Å². The Kier molecular flexibility index (Phi) is 7.11. The number of anilines is 2. The number of carbonyl (C=O) groups is 2. The van der Waals surface area contributed by atoms with E-state index in [1.165, 1.54) is 0 Å². The van der Waals surface area contributed by atoms with Crippen LogP contribution in [-0.4, -0.2) is 90.5 Å². The first-order valence-corrected chi connectivity index (χ1v) is 10.5. The second-order valence-corrected chi connectivity index (χ2v) is 8.46. The minimum Gasteiger partial charge on any atom is -0.475 e. The Morgan fingerprint density at radius 3 is 2.59 bits per heavy atom. The molecular formula is C20H28F3N5O4. The number of amides is 1. The van der Waals surface area contributed by atoms with Crippen molar-refractivity contribution in [2.24, 2.45) is 5.92 Å². The third-order valence-electron chi connectivity index (χ3n) is 6.10.